The molecule has 0 radical (unpaired) electrons. The van der Waals surface area contributed by atoms with E-state index in [0.717, 1.165) is 23.3 Å². The number of fused-ring (bicyclic) bond motifs is 1. The van der Waals surface area contributed by atoms with Gasteiger partial charge in [-0.15, -0.1) is 11.3 Å². The van der Waals surface area contributed by atoms with Crippen molar-refractivity contribution < 1.29 is 14.3 Å². The topological polar surface area (TPSA) is 68.3 Å². The van der Waals surface area contributed by atoms with Crippen molar-refractivity contribution in [2.24, 2.45) is 0 Å². The van der Waals surface area contributed by atoms with Gasteiger partial charge in [0, 0.05) is 11.3 Å². The second-order valence-electron chi connectivity index (χ2n) is 4.75. The fourth-order valence-electron chi connectivity index (χ4n) is 2.17. The number of anilines is 1. The smallest absolute Gasteiger partial charge is 0.413 e. The molecule has 0 spiro atoms. The van der Waals surface area contributed by atoms with E-state index in [1.165, 1.54) is 11.3 Å². The molecule has 1 N–H and O–H groups in total. The number of nitrogens with one attached hydrogen (secondary N) is 1. The molecule has 1 amide bonds. The van der Waals surface area contributed by atoms with Crippen LogP contribution in [0.3, 0.4) is 0 Å². The number of amides is 1. The predicted octanol–water partition coefficient (Wildman–Crippen LogP) is 3.41. The second-order valence-corrected chi connectivity index (χ2v) is 5.84. The maximum absolute atomic E-state index is 11.7. The number of aryl methyl sites for hydroxylation is 1. The van der Waals surface area contributed by atoms with Gasteiger partial charge in [0.25, 0.3) is 0 Å². The van der Waals surface area contributed by atoms with Crippen molar-refractivity contribution in [3.63, 3.8) is 0 Å². The molecule has 0 saturated heterocycles. The van der Waals surface area contributed by atoms with Gasteiger partial charge in [0.05, 0.1) is 0 Å². The Morgan fingerprint density at radius 2 is 2.10 bits per heavy atom. The Kier molecular flexibility index (Phi) is 3.96. The van der Waals surface area contributed by atoms with Gasteiger partial charge in [-0.1, -0.05) is 30.3 Å². The molecule has 5 nitrogen and oxygen atoms in total. The number of ketones is 1. The van der Waals surface area contributed by atoms with Crippen molar-refractivity contribution in [3.8, 4) is 0 Å². The third-order valence-corrected chi connectivity index (χ3v) is 4.22. The zero-order valence-electron chi connectivity index (χ0n) is 11.3. The van der Waals surface area contributed by atoms with Crippen LogP contribution in [0.5, 0.6) is 0 Å². The number of Topliss-reactive ketones (excluding diaryl/α,β-unsaturated/α-hetero) is 1. The van der Waals surface area contributed by atoms with Crippen LogP contribution in [0.2, 0.25) is 0 Å². The molecule has 1 aromatic carbocycles. The number of carbonyl (C=O) groups is 2. The molecule has 1 aliphatic rings. The number of rotatable bonds is 3. The minimum absolute atomic E-state index is 0.0539. The largest absolute Gasteiger partial charge is 0.444 e. The Labute approximate surface area is 126 Å². The van der Waals surface area contributed by atoms with Crippen LogP contribution < -0.4 is 5.32 Å². The SMILES string of the molecule is O=C(Nc1nc2c(s1)CCCC2=O)OCc1ccccc1. The van der Waals surface area contributed by atoms with Gasteiger partial charge in [0.1, 0.15) is 12.3 Å². The summed E-state index contributed by atoms with van der Waals surface area (Å²) in [5.41, 5.74) is 1.42. The van der Waals surface area contributed by atoms with Crippen LogP contribution in [0.1, 0.15) is 33.8 Å². The van der Waals surface area contributed by atoms with Gasteiger partial charge in [-0.25, -0.2) is 9.78 Å². The number of thiazole rings is 1. The van der Waals surface area contributed by atoms with Crippen LogP contribution in [-0.4, -0.2) is 16.9 Å². The molecule has 1 aromatic heterocycles. The molecule has 0 aliphatic heterocycles. The van der Waals surface area contributed by atoms with Crippen LogP contribution in [0.25, 0.3) is 0 Å². The van der Waals surface area contributed by atoms with Gasteiger partial charge in [0.2, 0.25) is 0 Å². The number of benzene rings is 1. The second kappa shape index (κ2) is 6.05. The number of carbonyl (C=O) groups excluding carboxylic acids is 2. The van der Waals surface area contributed by atoms with Gasteiger partial charge < -0.3 is 4.74 Å². The molecule has 0 atom stereocenters. The Morgan fingerprint density at radius 1 is 1.29 bits per heavy atom. The molecule has 0 unspecified atom stereocenters. The summed E-state index contributed by atoms with van der Waals surface area (Å²) in [7, 11) is 0. The standard InChI is InChI=1S/C15H14N2O3S/c18-11-7-4-8-12-13(11)16-14(21-12)17-15(19)20-9-10-5-2-1-3-6-10/h1-3,5-6H,4,7-9H2,(H,16,17,19). The number of hydrogen-bond donors (Lipinski definition) is 1. The molecule has 1 aliphatic carbocycles. The van der Waals surface area contributed by atoms with Crippen molar-refractivity contribution in [3.05, 3.63) is 46.5 Å². The van der Waals surface area contributed by atoms with Crippen LogP contribution >= 0.6 is 11.3 Å². The van der Waals surface area contributed by atoms with Gasteiger partial charge in [0.15, 0.2) is 10.9 Å². The maximum atomic E-state index is 11.7. The molecule has 2 aromatic rings. The van der Waals surface area contributed by atoms with Crippen LogP contribution in [-0.2, 0) is 17.8 Å². The number of nitrogens with zero attached hydrogens (tertiary/aromatic N) is 1. The molecule has 21 heavy (non-hydrogen) atoms. The van der Waals surface area contributed by atoms with Gasteiger partial charge in [-0.3, -0.25) is 10.1 Å². The van der Waals surface area contributed by atoms with Gasteiger partial charge >= 0.3 is 6.09 Å². The Bertz CT molecular complexity index is 667. The van der Waals surface area contributed by atoms with E-state index < -0.39 is 6.09 Å². The zero-order valence-corrected chi connectivity index (χ0v) is 12.1. The summed E-state index contributed by atoms with van der Waals surface area (Å²) in [5.74, 6) is 0.0539. The van der Waals surface area contributed by atoms with E-state index in [9.17, 15) is 9.59 Å². The van der Waals surface area contributed by atoms with Crippen molar-refractivity contribution >= 4 is 28.3 Å². The first-order valence-electron chi connectivity index (χ1n) is 6.73. The monoisotopic (exact) mass is 302 g/mol. The lowest BCUT2D eigenvalue weighted by Gasteiger charge is -2.05. The highest BCUT2D eigenvalue weighted by Crippen LogP contribution is 2.29. The lowest BCUT2D eigenvalue weighted by Crippen LogP contribution is -2.13. The van der Waals surface area contributed by atoms with E-state index in [-0.39, 0.29) is 12.4 Å². The fraction of sp³-hybridized carbons (Fsp3) is 0.267. The molecule has 6 heteroatoms. The number of ether oxygens (including phenoxy) is 1. The average molecular weight is 302 g/mol. The summed E-state index contributed by atoms with van der Waals surface area (Å²) in [6.07, 6.45) is 1.68. The minimum Gasteiger partial charge on any atom is -0.444 e. The van der Waals surface area contributed by atoms with Gasteiger partial charge in [-0.2, -0.15) is 0 Å². The highest BCUT2D eigenvalue weighted by atomic mass is 32.1. The molecule has 0 saturated carbocycles. The van der Waals surface area contributed by atoms with Crippen molar-refractivity contribution in [2.45, 2.75) is 25.9 Å². The van der Waals surface area contributed by atoms with E-state index >= 15 is 0 Å². The number of aromatic nitrogens is 1. The van der Waals surface area contributed by atoms with E-state index in [1.54, 1.807) is 0 Å². The molecule has 0 bridgehead atoms. The van der Waals surface area contributed by atoms with E-state index in [4.69, 9.17) is 4.74 Å². The summed E-state index contributed by atoms with van der Waals surface area (Å²) >= 11 is 1.35. The molecule has 3 rings (SSSR count). The molecular weight excluding hydrogens is 288 g/mol. The normalized spacial score (nSPS) is 13.6. The first kappa shape index (κ1) is 13.8. The summed E-state index contributed by atoms with van der Waals surface area (Å²) in [6, 6.07) is 9.44. The zero-order chi connectivity index (χ0) is 14.7. The summed E-state index contributed by atoms with van der Waals surface area (Å²) in [4.78, 5) is 28.6. The van der Waals surface area contributed by atoms with E-state index in [2.05, 4.69) is 10.3 Å². The fourth-order valence-corrected chi connectivity index (χ4v) is 3.17. The first-order chi connectivity index (χ1) is 10.2. The molecule has 108 valence electrons. The third-order valence-electron chi connectivity index (χ3n) is 3.19. The highest BCUT2D eigenvalue weighted by molar-refractivity contribution is 7.16. The quantitative estimate of drug-likeness (QED) is 0.943. The lowest BCUT2D eigenvalue weighted by molar-refractivity contribution is 0.0968. The number of hydrogen-bond acceptors (Lipinski definition) is 5. The third kappa shape index (κ3) is 3.28. The van der Waals surface area contributed by atoms with Crippen molar-refractivity contribution in [1.29, 1.82) is 0 Å². The van der Waals surface area contributed by atoms with Crippen molar-refractivity contribution in [1.82, 2.24) is 4.98 Å². The molecule has 1 heterocycles. The Hall–Kier alpha value is -2.21. The van der Waals surface area contributed by atoms with Crippen LogP contribution in [0, 0.1) is 0 Å². The van der Waals surface area contributed by atoms with E-state index in [0.29, 0.717) is 17.2 Å². The summed E-state index contributed by atoms with van der Waals surface area (Å²) in [5, 5.41) is 3.01. The first-order valence-corrected chi connectivity index (χ1v) is 7.54. The minimum atomic E-state index is -0.558. The van der Waals surface area contributed by atoms with Crippen LogP contribution in [0.4, 0.5) is 9.93 Å². The van der Waals surface area contributed by atoms with E-state index in [1.807, 2.05) is 30.3 Å². The summed E-state index contributed by atoms with van der Waals surface area (Å²) in [6.45, 7) is 0.205. The van der Waals surface area contributed by atoms with Crippen LogP contribution in [0.15, 0.2) is 30.3 Å². The molecular formula is C15H14N2O3S. The van der Waals surface area contributed by atoms with Gasteiger partial charge in [-0.05, 0) is 18.4 Å². The highest BCUT2D eigenvalue weighted by Gasteiger charge is 2.22. The predicted molar refractivity (Wildman–Crippen MR) is 79.6 cm³/mol. The average Bonchev–Trinajstić information content (AvgIpc) is 2.90. The Morgan fingerprint density at radius 3 is 2.86 bits per heavy atom. The Balaban J connectivity index is 1.59. The lowest BCUT2D eigenvalue weighted by atomic mass is 10.0. The molecule has 0 fully saturated rings. The van der Waals surface area contributed by atoms with Crippen molar-refractivity contribution in [2.75, 3.05) is 5.32 Å². The maximum Gasteiger partial charge on any atom is 0.413 e. The summed E-state index contributed by atoms with van der Waals surface area (Å²) < 4.78 is 5.12.